The average molecular weight is 233 g/mol. The standard InChI is InChI=1S/C15H23NO/c1-11-7-8-14(13(9-11)10-17)16(6)12(2)15(3,4)5/h7-10,12H,1-6H3. The van der Waals surface area contributed by atoms with E-state index in [9.17, 15) is 4.79 Å². The Morgan fingerprint density at radius 1 is 1.29 bits per heavy atom. The molecule has 94 valence electrons. The number of aryl methyl sites for hydroxylation is 1. The van der Waals surface area contributed by atoms with Crippen LogP contribution in [0.15, 0.2) is 18.2 Å². The molecule has 0 aliphatic carbocycles. The van der Waals surface area contributed by atoms with Crippen molar-refractivity contribution in [3.63, 3.8) is 0 Å². The predicted molar refractivity (Wildman–Crippen MR) is 73.9 cm³/mol. The topological polar surface area (TPSA) is 20.3 Å². The first-order valence-electron chi connectivity index (χ1n) is 6.06. The maximum Gasteiger partial charge on any atom is 0.152 e. The van der Waals surface area contributed by atoms with Crippen LogP contribution in [-0.2, 0) is 0 Å². The molecule has 0 N–H and O–H groups in total. The summed E-state index contributed by atoms with van der Waals surface area (Å²) in [5.74, 6) is 0. The normalized spacial score (nSPS) is 13.3. The van der Waals surface area contributed by atoms with Gasteiger partial charge in [0.05, 0.1) is 0 Å². The Hall–Kier alpha value is -1.31. The van der Waals surface area contributed by atoms with E-state index in [1.807, 2.05) is 32.2 Å². The molecule has 0 fully saturated rings. The minimum Gasteiger partial charge on any atom is -0.371 e. The molecule has 2 nitrogen and oxygen atoms in total. The van der Waals surface area contributed by atoms with Crippen LogP contribution in [0.4, 0.5) is 5.69 Å². The van der Waals surface area contributed by atoms with Gasteiger partial charge < -0.3 is 4.90 Å². The molecule has 0 heterocycles. The molecule has 1 rings (SSSR count). The number of benzene rings is 1. The van der Waals surface area contributed by atoms with Crippen molar-refractivity contribution in [2.75, 3.05) is 11.9 Å². The summed E-state index contributed by atoms with van der Waals surface area (Å²) in [5.41, 5.74) is 3.07. The number of hydrogen-bond donors (Lipinski definition) is 0. The van der Waals surface area contributed by atoms with Crippen molar-refractivity contribution in [1.29, 1.82) is 0 Å². The van der Waals surface area contributed by atoms with Gasteiger partial charge in [0.25, 0.3) is 0 Å². The van der Waals surface area contributed by atoms with Gasteiger partial charge in [0.1, 0.15) is 0 Å². The maximum absolute atomic E-state index is 11.1. The van der Waals surface area contributed by atoms with E-state index in [2.05, 4.69) is 32.6 Å². The molecule has 0 aliphatic heterocycles. The maximum atomic E-state index is 11.1. The third-order valence-corrected chi connectivity index (χ3v) is 3.52. The van der Waals surface area contributed by atoms with Crippen LogP contribution in [0.2, 0.25) is 0 Å². The second kappa shape index (κ2) is 4.91. The zero-order valence-electron chi connectivity index (χ0n) is 11.7. The molecule has 17 heavy (non-hydrogen) atoms. The molecule has 0 saturated heterocycles. The highest BCUT2D eigenvalue weighted by atomic mass is 16.1. The van der Waals surface area contributed by atoms with Crippen LogP contribution in [0.25, 0.3) is 0 Å². The number of nitrogens with zero attached hydrogens (tertiary/aromatic N) is 1. The van der Waals surface area contributed by atoms with Gasteiger partial charge in [0.15, 0.2) is 6.29 Å². The molecular weight excluding hydrogens is 210 g/mol. The van der Waals surface area contributed by atoms with Crippen LogP contribution in [0, 0.1) is 12.3 Å². The fourth-order valence-corrected chi connectivity index (χ4v) is 1.88. The summed E-state index contributed by atoms with van der Waals surface area (Å²) >= 11 is 0. The van der Waals surface area contributed by atoms with Crippen LogP contribution < -0.4 is 4.90 Å². The molecule has 0 radical (unpaired) electrons. The fraction of sp³-hybridized carbons (Fsp3) is 0.533. The van der Waals surface area contributed by atoms with Gasteiger partial charge in [-0.3, -0.25) is 4.79 Å². The molecule has 1 unspecified atom stereocenters. The van der Waals surface area contributed by atoms with E-state index in [-0.39, 0.29) is 5.41 Å². The predicted octanol–water partition coefficient (Wildman–Crippen LogP) is 3.68. The molecule has 0 amide bonds. The third-order valence-electron chi connectivity index (χ3n) is 3.52. The lowest BCUT2D eigenvalue weighted by Gasteiger charge is -2.37. The molecule has 0 bridgehead atoms. The van der Waals surface area contributed by atoms with Crippen molar-refractivity contribution in [3.05, 3.63) is 29.3 Å². The summed E-state index contributed by atoms with van der Waals surface area (Å²) in [5, 5.41) is 0. The first kappa shape index (κ1) is 13.8. The highest BCUT2D eigenvalue weighted by molar-refractivity contribution is 5.85. The summed E-state index contributed by atoms with van der Waals surface area (Å²) in [6.45, 7) is 10.8. The molecule has 1 aromatic carbocycles. The van der Waals surface area contributed by atoms with E-state index in [4.69, 9.17) is 0 Å². The largest absolute Gasteiger partial charge is 0.371 e. The molecule has 2 heteroatoms. The zero-order valence-corrected chi connectivity index (χ0v) is 11.7. The van der Waals surface area contributed by atoms with Crippen molar-refractivity contribution >= 4 is 12.0 Å². The minimum atomic E-state index is 0.180. The summed E-state index contributed by atoms with van der Waals surface area (Å²) in [6.07, 6.45) is 0.939. The number of hydrogen-bond acceptors (Lipinski definition) is 2. The Morgan fingerprint density at radius 3 is 2.35 bits per heavy atom. The van der Waals surface area contributed by atoms with E-state index < -0.39 is 0 Å². The van der Waals surface area contributed by atoms with Crippen molar-refractivity contribution in [3.8, 4) is 0 Å². The highest BCUT2D eigenvalue weighted by Crippen LogP contribution is 2.29. The monoisotopic (exact) mass is 233 g/mol. The van der Waals surface area contributed by atoms with Gasteiger partial charge in [-0.25, -0.2) is 0 Å². The Morgan fingerprint density at radius 2 is 1.88 bits per heavy atom. The first-order chi connectivity index (χ1) is 7.77. The molecule has 0 saturated carbocycles. The molecule has 1 atom stereocenters. The van der Waals surface area contributed by atoms with Crippen molar-refractivity contribution < 1.29 is 4.79 Å². The van der Waals surface area contributed by atoms with Gasteiger partial charge in [0, 0.05) is 24.3 Å². The lowest BCUT2D eigenvalue weighted by molar-refractivity contribution is 0.112. The average Bonchev–Trinajstić information content (AvgIpc) is 2.25. The number of carbonyl (C=O) groups is 1. The van der Waals surface area contributed by atoms with E-state index in [0.29, 0.717) is 6.04 Å². The van der Waals surface area contributed by atoms with E-state index >= 15 is 0 Å². The van der Waals surface area contributed by atoms with Crippen LogP contribution in [0.1, 0.15) is 43.6 Å². The SMILES string of the molecule is Cc1ccc(N(C)C(C)C(C)(C)C)c(C=O)c1. The Bertz CT molecular complexity index is 404. The number of carbonyl (C=O) groups excluding carboxylic acids is 1. The van der Waals surface area contributed by atoms with E-state index in [1.54, 1.807) is 0 Å². The summed E-state index contributed by atoms with van der Waals surface area (Å²) < 4.78 is 0. The summed E-state index contributed by atoms with van der Waals surface area (Å²) in [4.78, 5) is 13.3. The summed E-state index contributed by atoms with van der Waals surface area (Å²) in [7, 11) is 2.05. The molecule has 0 spiro atoms. The molecule has 1 aromatic rings. The number of anilines is 1. The van der Waals surface area contributed by atoms with Crippen molar-refractivity contribution in [2.24, 2.45) is 5.41 Å². The quantitative estimate of drug-likeness (QED) is 0.742. The van der Waals surface area contributed by atoms with Crippen LogP contribution in [0.3, 0.4) is 0 Å². The lowest BCUT2D eigenvalue weighted by atomic mass is 9.86. The molecule has 0 aliphatic rings. The van der Waals surface area contributed by atoms with Gasteiger partial charge in [-0.05, 0) is 31.4 Å². The zero-order chi connectivity index (χ0) is 13.2. The lowest BCUT2D eigenvalue weighted by Crippen LogP contribution is -2.39. The first-order valence-corrected chi connectivity index (χ1v) is 6.06. The van der Waals surface area contributed by atoms with Crippen LogP contribution in [-0.4, -0.2) is 19.4 Å². The van der Waals surface area contributed by atoms with Crippen molar-refractivity contribution in [2.45, 2.75) is 40.7 Å². The third kappa shape index (κ3) is 3.09. The van der Waals surface area contributed by atoms with Gasteiger partial charge in [-0.1, -0.05) is 32.4 Å². The Kier molecular flexibility index (Phi) is 3.97. The number of aldehydes is 1. The van der Waals surface area contributed by atoms with Gasteiger partial charge in [-0.15, -0.1) is 0 Å². The van der Waals surface area contributed by atoms with E-state index in [0.717, 1.165) is 23.1 Å². The second-order valence-electron chi connectivity index (χ2n) is 5.83. The van der Waals surface area contributed by atoms with Crippen LogP contribution >= 0.6 is 0 Å². The smallest absolute Gasteiger partial charge is 0.152 e. The Labute approximate surface area is 105 Å². The van der Waals surface area contributed by atoms with Gasteiger partial charge in [-0.2, -0.15) is 0 Å². The minimum absolute atomic E-state index is 0.180. The van der Waals surface area contributed by atoms with Crippen LogP contribution in [0.5, 0.6) is 0 Å². The van der Waals surface area contributed by atoms with E-state index in [1.165, 1.54) is 0 Å². The summed E-state index contributed by atoms with van der Waals surface area (Å²) in [6, 6.07) is 6.38. The molecular formula is C15H23NO. The van der Waals surface area contributed by atoms with Crippen molar-refractivity contribution in [1.82, 2.24) is 0 Å². The van der Waals surface area contributed by atoms with Gasteiger partial charge in [0.2, 0.25) is 0 Å². The molecule has 0 aromatic heterocycles. The second-order valence-corrected chi connectivity index (χ2v) is 5.83. The fourth-order valence-electron chi connectivity index (χ4n) is 1.88. The highest BCUT2D eigenvalue weighted by Gasteiger charge is 2.25. The van der Waals surface area contributed by atoms with Gasteiger partial charge >= 0.3 is 0 Å². The number of rotatable bonds is 3. The Balaban J connectivity index is 3.12.